The predicted octanol–water partition coefficient (Wildman–Crippen LogP) is 1.92. The van der Waals surface area contributed by atoms with Crippen LogP contribution >= 0.6 is 0 Å². The minimum atomic E-state index is -1.04. The number of amides is 6. The summed E-state index contributed by atoms with van der Waals surface area (Å²) in [6, 6.07) is -3.88. The van der Waals surface area contributed by atoms with Gasteiger partial charge in [0.2, 0.25) is 35.7 Å². The van der Waals surface area contributed by atoms with E-state index in [1.807, 2.05) is 33.2 Å². The summed E-state index contributed by atoms with van der Waals surface area (Å²) >= 11 is 0. The fourth-order valence-electron chi connectivity index (χ4n) is 7.77. The standard InChI is InChI=1S/C36H56N6O8/c1-6-12-25(29(44)34(48)38-23-17-18-23)39-33(47)28-24-16-11-15-22(24)19-42(28)35(49)30(36(3,4)5)41-32(46)27(21-13-9-8-10-14-21)40-31(45)26(7-2)50-37-20-43/h7,20-25,27-28,30H,6,8-19H2,1-5H3,(H,37,43)(H,38,48)(H,39,47)(H,40,45)(H,41,46)/b26-7-/t22-,24-,25-,27-,28-,30+/m0/s1. The minimum absolute atomic E-state index is 0.000147. The number of rotatable bonds is 16. The van der Waals surface area contributed by atoms with Crippen molar-refractivity contribution in [3.8, 4) is 0 Å². The number of allylic oxidation sites excluding steroid dienone is 1. The Morgan fingerprint density at radius 3 is 2.18 bits per heavy atom. The van der Waals surface area contributed by atoms with Gasteiger partial charge in [-0.2, -0.15) is 5.48 Å². The Morgan fingerprint density at radius 2 is 1.58 bits per heavy atom. The SMILES string of the molecule is C/C=C(\ONC=O)C(=O)N[C@H](C(=O)N[C@H](C(=O)N1C[C@@H]2CCC[C@@H]2[C@H]1C(=O)N[C@@H](CCC)C(=O)C(=O)NC1CC1)C(C)(C)C)C1CCCCC1. The van der Waals surface area contributed by atoms with Crippen molar-refractivity contribution >= 4 is 41.7 Å². The molecule has 0 spiro atoms. The summed E-state index contributed by atoms with van der Waals surface area (Å²) in [5, 5.41) is 11.3. The van der Waals surface area contributed by atoms with Crippen LogP contribution in [0.15, 0.2) is 11.8 Å². The number of nitrogens with zero attached hydrogens (tertiary/aromatic N) is 1. The van der Waals surface area contributed by atoms with Crippen LogP contribution in [0.1, 0.15) is 112 Å². The van der Waals surface area contributed by atoms with Gasteiger partial charge in [0.1, 0.15) is 18.1 Å². The Kier molecular flexibility index (Phi) is 13.4. The van der Waals surface area contributed by atoms with Crippen LogP contribution in [0.4, 0.5) is 0 Å². The van der Waals surface area contributed by atoms with Gasteiger partial charge in [0.15, 0.2) is 0 Å². The number of nitrogens with one attached hydrogen (secondary N) is 5. The zero-order valence-corrected chi connectivity index (χ0v) is 30.2. The van der Waals surface area contributed by atoms with Crippen LogP contribution in [0, 0.1) is 23.2 Å². The second-order valence-corrected chi connectivity index (χ2v) is 15.4. The van der Waals surface area contributed by atoms with Gasteiger partial charge >= 0.3 is 0 Å². The lowest BCUT2D eigenvalue weighted by Crippen LogP contribution is -2.62. The summed E-state index contributed by atoms with van der Waals surface area (Å²) in [6.07, 6.45) is 10.9. The molecule has 14 heteroatoms. The molecule has 4 fully saturated rings. The molecule has 0 bridgehead atoms. The number of carbonyl (C=O) groups is 7. The third kappa shape index (κ3) is 9.63. The maximum absolute atomic E-state index is 14.6. The van der Waals surface area contributed by atoms with Crippen molar-refractivity contribution in [2.45, 2.75) is 142 Å². The molecule has 4 aliphatic rings. The van der Waals surface area contributed by atoms with Crippen LogP contribution in [0.3, 0.4) is 0 Å². The fourth-order valence-corrected chi connectivity index (χ4v) is 7.77. The van der Waals surface area contributed by atoms with E-state index in [4.69, 9.17) is 4.84 Å². The molecule has 4 rings (SSSR count). The lowest BCUT2D eigenvalue weighted by atomic mass is 9.82. The molecular weight excluding hydrogens is 644 g/mol. The molecule has 0 aromatic heterocycles. The van der Waals surface area contributed by atoms with Crippen molar-refractivity contribution in [2.24, 2.45) is 23.2 Å². The number of fused-ring (bicyclic) bond motifs is 1. The Bertz CT molecular complexity index is 1320. The van der Waals surface area contributed by atoms with Gasteiger partial charge in [-0.05, 0) is 81.1 Å². The third-order valence-corrected chi connectivity index (χ3v) is 10.6. The first-order valence-corrected chi connectivity index (χ1v) is 18.4. The van der Waals surface area contributed by atoms with E-state index >= 15 is 0 Å². The van der Waals surface area contributed by atoms with Crippen molar-refractivity contribution in [2.75, 3.05) is 6.54 Å². The van der Waals surface area contributed by atoms with Gasteiger partial charge in [0.05, 0.1) is 6.04 Å². The Balaban J connectivity index is 1.56. The summed E-state index contributed by atoms with van der Waals surface area (Å²) < 4.78 is 0. The van der Waals surface area contributed by atoms with Crippen LogP contribution in [0.25, 0.3) is 0 Å². The average molecular weight is 701 g/mol. The van der Waals surface area contributed by atoms with Crippen molar-refractivity contribution in [3.05, 3.63) is 11.8 Å². The number of ketones is 1. The van der Waals surface area contributed by atoms with E-state index < -0.39 is 64.9 Å². The van der Waals surface area contributed by atoms with Gasteiger partial charge in [-0.1, -0.05) is 59.8 Å². The maximum atomic E-state index is 14.6. The van der Waals surface area contributed by atoms with Gasteiger partial charge in [0.25, 0.3) is 11.8 Å². The second kappa shape index (κ2) is 17.3. The van der Waals surface area contributed by atoms with Gasteiger partial charge in [-0.3, -0.25) is 33.6 Å². The van der Waals surface area contributed by atoms with E-state index in [1.54, 1.807) is 11.8 Å². The molecule has 1 aliphatic heterocycles. The molecule has 14 nitrogen and oxygen atoms in total. The third-order valence-electron chi connectivity index (χ3n) is 10.6. The quantitative estimate of drug-likeness (QED) is 0.0530. The number of hydrogen-bond acceptors (Lipinski definition) is 8. The van der Waals surface area contributed by atoms with E-state index in [2.05, 4.69) is 21.3 Å². The van der Waals surface area contributed by atoms with Crippen LogP contribution < -0.4 is 26.7 Å². The molecule has 1 saturated heterocycles. The Hall–Kier alpha value is -3.97. The lowest BCUT2D eigenvalue weighted by Gasteiger charge is -2.38. The molecule has 6 amide bonds. The summed E-state index contributed by atoms with van der Waals surface area (Å²) in [6.45, 7) is 9.28. The van der Waals surface area contributed by atoms with Crippen LogP contribution in [0.5, 0.6) is 0 Å². The highest BCUT2D eigenvalue weighted by Gasteiger charge is 2.52. The first kappa shape index (κ1) is 38.8. The molecule has 3 aliphatic carbocycles. The maximum Gasteiger partial charge on any atom is 0.290 e. The summed E-state index contributed by atoms with van der Waals surface area (Å²) in [4.78, 5) is 99.1. The van der Waals surface area contributed by atoms with Crippen molar-refractivity contribution < 1.29 is 38.4 Å². The highest BCUT2D eigenvalue weighted by atomic mass is 16.7. The Labute approximate surface area is 295 Å². The molecule has 6 atom stereocenters. The first-order chi connectivity index (χ1) is 23.8. The topological polar surface area (TPSA) is 192 Å². The van der Waals surface area contributed by atoms with Gasteiger partial charge < -0.3 is 31.0 Å². The van der Waals surface area contributed by atoms with E-state index in [0.717, 1.165) is 51.4 Å². The molecule has 0 radical (unpaired) electrons. The average Bonchev–Trinajstić information content (AvgIpc) is 3.65. The normalized spacial score (nSPS) is 24.2. The smallest absolute Gasteiger partial charge is 0.290 e. The molecular formula is C36H56N6O8. The summed E-state index contributed by atoms with van der Waals surface area (Å²) in [5.74, 6) is -3.85. The largest absolute Gasteiger partial charge is 0.374 e. The monoisotopic (exact) mass is 700 g/mol. The summed E-state index contributed by atoms with van der Waals surface area (Å²) in [7, 11) is 0. The van der Waals surface area contributed by atoms with Gasteiger partial charge in [-0.15, -0.1) is 0 Å². The number of hydroxylamine groups is 1. The van der Waals surface area contributed by atoms with Crippen molar-refractivity contribution in [3.63, 3.8) is 0 Å². The molecule has 0 aromatic rings. The first-order valence-electron chi connectivity index (χ1n) is 18.4. The van der Waals surface area contributed by atoms with Crippen LogP contribution in [0.2, 0.25) is 0 Å². The molecule has 1 heterocycles. The highest BCUT2D eigenvalue weighted by molar-refractivity contribution is 6.38. The zero-order chi connectivity index (χ0) is 36.6. The van der Waals surface area contributed by atoms with E-state index in [1.165, 1.54) is 6.08 Å². The van der Waals surface area contributed by atoms with Crippen molar-refractivity contribution in [1.29, 1.82) is 0 Å². The summed E-state index contributed by atoms with van der Waals surface area (Å²) in [5.41, 5.74) is 1.22. The number of carbonyl (C=O) groups excluding carboxylic acids is 7. The molecule has 3 saturated carbocycles. The van der Waals surface area contributed by atoms with Crippen LogP contribution in [-0.4, -0.2) is 83.4 Å². The number of likely N-dealkylation sites (tertiary alicyclic amines) is 1. The van der Waals surface area contributed by atoms with E-state index in [0.29, 0.717) is 25.8 Å². The second-order valence-electron chi connectivity index (χ2n) is 15.4. The van der Waals surface area contributed by atoms with E-state index in [9.17, 15) is 33.6 Å². The van der Waals surface area contributed by atoms with Crippen molar-refractivity contribution in [1.82, 2.24) is 31.6 Å². The molecule has 5 N–H and O–H groups in total. The molecule has 278 valence electrons. The molecule has 0 aromatic carbocycles. The van der Waals surface area contributed by atoms with Gasteiger partial charge in [-0.25, -0.2) is 0 Å². The van der Waals surface area contributed by atoms with Crippen LogP contribution in [-0.2, 0) is 38.4 Å². The number of hydrogen-bond donors (Lipinski definition) is 5. The van der Waals surface area contributed by atoms with E-state index in [-0.39, 0.29) is 42.4 Å². The zero-order valence-electron chi connectivity index (χ0n) is 30.2. The molecule has 50 heavy (non-hydrogen) atoms. The minimum Gasteiger partial charge on any atom is -0.374 e. The predicted molar refractivity (Wildman–Crippen MR) is 183 cm³/mol. The highest BCUT2D eigenvalue weighted by Crippen LogP contribution is 2.43. The fraction of sp³-hybridized carbons (Fsp3) is 0.750. The lowest BCUT2D eigenvalue weighted by molar-refractivity contribution is -0.146. The Morgan fingerprint density at radius 1 is 0.880 bits per heavy atom. The molecule has 0 unspecified atom stereocenters. The number of Topliss-reactive ketones (excluding diaryl/α,β-unsaturated/α-hetero) is 1. The van der Waals surface area contributed by atoms with Gasteiger partial charge in [0, 0.05) is 12.6 Å².